The Kier molecular flexibility index (Phi) is 8.95. The van der Waals surface area contributed by atoms with Gasteiger partial charge in [0.15, 0.2) is 0 Å². The third-order valence-corrected chi connectivity index (χ3v) is 5.59. The second-order valence-electron chi connectivity index (χ2n) is 5.61. The molecule has 0 aliphatic carbocycles. The average Bonchev–Trinajstić information content (AvgIpc) is 2.57. The van der Waals surface area contributed by atoms with Crippen LogP contribution in [-0.4, -0.2) is 49.5 Å². The Labute approximate surface area is 152 Å². The minimum atomic E-state index is -3.81. The maximum atomic E-state index is 12.4. The maximum absolute atomic E-state index is 12.4. The van der Waals surface area contributed by atoms with E-state index < -0.39 is 27.9 Å². The highest BCUT2D eigenvalue weighted by Gasteiger charge is 2.26. The molecule has 0 bridgehead atoms. The summed E-state index contributed by atoms with van der Waals surface area (Å²) in [6.45, 7) is 1.69. The molecule has 0 radical (unpaired) electrons. The van der Waals surface area contributed by atoms with E-state index in [4.69, 9.17) is 5.11 Å². The first-order chi connectivity index (χ1) is 11.8. The van der Waals surface area contributed by atoms with Crippen molar-refractivity contribution in [2.75, 3.05) is 12.0 Å². The molecular formula is C16H24N2O5S2. The summed E-state index contributed by atoms with van der Waals surface area (Å²) in [6, 6.07) is 6.58. The van der Waals surface area contributed by atoms with Gasteiger partial charge in [-0.15, -0.1) is 0 Å². The Balaban J connectivity index is 2.79. The molecule has 0 aliphatic rings. The van der Waals surface area contributed by atoms with Crippen molar-refractivity contribution in [2.24, 2.45) is 0 Å². The Morgan fingerprint density at radius 2 is 1.84 bits per heavy atom. The molecular weight excluding hydrogens is 364 g/mol. The lowest BCUT2D eigenvalue weighted by molar-refractivity contribution is -0.137. The lowest BCUT2D eigenvalue weighted by Gasteiger charge is -2.21. The van der Waals surface area contributed by atoms with E-state index in [0.29, 0.717) is 12.2 Å². The number of nitrogens with one attached hydrogen (secondary N) is 2. The zero-order chi connectivity index (χ0) is 18.9. The predicted octanol–water partition coefficient (Wildman–Crippen LogP) is 1.46. The van der Waals surface area contributed by atoms with Crippen LogP contribution in [0.3, 0.4) is 0 Å². The molecule has 0 saturated carbocycles. The highest BCUT2D eigenvalue weighted by atomic mass is 32.2. The average molecular weight is 389 g/mol. The van der Waals surface area contributed by atoms with E-state index in [1.165, 1.54) is 23.9 Å². The first kappa shape index (κ1) is 21.5. The minimum Gasteiger partial charge on any atom is -0.481 e. The zero-order valence-electron chi connectivity index (χ0n) is 14.3. The quantitative estimate of drug-likeness (QED) is 0.529. The zero-order valence-corrected chi connectivity index (χ0v) is 15.9. The van der Waals surface area contributed by atoms with Crippen LogP contribution >= 0.6 is 11.8 Å². The molecule has 1 rings (SSSR count). The maximum Gasteiger partial charge on any atom is 0.303 e. The van der Waals surface area contributed by atoms with Crippen LogP contribution in [0.15, 0.2) is 35.2 Å². The van der Waals surface area contributed by atoms with Crippen molar-refractivity contribution in [1.29, 1.82) is 0 Å². The summed E-state index contributed by atoms with van der Waals surface area (Å²) in [7, 11) is -3.81. The van der Waals surface area contributed by atoms with Crippen LogP contribution in [0.2, 0.25) is 0 Å². The van der Waals surface area contributed by atoms with E-state index in [1.54, 1.807) is 25.1 Å². The number of sulfonamides is 1. The fraction of sp³-hybridized carbons (Fsp3) is 0.500. The van der Waals surface area contributed by atoms with Gasteiger partial charge < -0.3 is 10.4 Å². The third-order valence-electron chi connectivity index (χ3n) is 3.46. The molecule has 0 saturated heterocycles. The SMILES string of the molecule is CSCCC(NS(=O)(=O)c1ccccc1)C(=O)NC(C)CCC(=O)O. The fourth-order valence-corrected chi connectivity index (χ4v) is 3.81. The molecule has 140 valence electrons. The van der Waals surface area contributed by atoms with Gasteiger partial charge in [-0.25, -0.2) is 8.42 Å². The first-order valence-electron chi connectivity index (χ1n) is 7.84. The second kappa shape index (κ2) is 10.4. The largest absolute Gasteiger partial charge is 0.481 e. The van der Waals surface area contributed by atoms with Crippen LogP contribution in [-0.2, 0) is 19.6 Å². The number of amides is 1. The van der Waals surface area contributed by atoms with Gasteiger partial charge in [-0.1, -0.05) is 18.2 Å². The van der Waals surface area contributed by atoms with Crippen LogP contribution in [0.5, 0.6) is 0 Å². The normalized spacial score (nSPS) is 13.8. The Bertz CT molecular complexity index is 664. The Hall–Kier alpha value is -1.58. The van der Waals surface area contributed by atoms with Crippen molar-refractivity contribution < 1.29 is 23.1 Å². The van der Waals surface area contributed by atoms with Gasteiger partial charge >= 0.3 is 5.97 Å². The summed E-state index contributed by atoms with van der Waals surface area (Å²) in [5.74, 6) is -0.782. The summed E-state index contributed by atoms with van der Waals surface area (Å²) < 4.78 is 27.3. The first-order valence-corrected chi connectivity index (χ1v) is 10.7. The topological polar surface area (TPSA) is 113 Å². The van der Waals surface area contributed by atoms with Crippen molar-refractivity contribution in [3.8, 4) is 0 Å². The predicted molar refractivity (Wildman–Crippen MR) is 98.0 cm³/mol. The number of carboxylic acid groups (broad SMARTS) is 1. The third kappa shape index (κ3) is 7.89. The number of thioether (sulfide) groups is 1. The smallest absolute Gasteiger partial charge is 0.303 e. The standard InChI is InChI=1S/C16H24N2O5S2/c1-12(8-9-15(19)20)17-16(21)14(10-11-24-2)18-25(22,23)13-6-4-3-5-7-13/h3-7,12,14,18H,8-11H2,1-2H3,(H,17,21)(H,19,20). The van der Waals surface area contributed by atoms with Crippen LogP contribution in [0.1, 0.15) is 26.2 Å². The van der Waals surface area contributed by atoms with Crippen molar-refractivity contribution in [1.82, 2.24) is 10.0 Å². The molecule has 0 aliphatic heterocycles. The van der Waals surface area contributed by atoms with Gasteiger partial charge in [-0.05, 0) is 43.9 Å². The summed E-state index contributed by atoms with van der Waals surface area (Å²) >= 11 is 1.51. The molecule has 2 unspecified atom stereocenters. The number of rotatable bonds is 11. The Morgan fingerprint density at radius 3 is 2.40 bits per heavy atom. The molecule has 0 heterocycles. The van der Waals surface area contributed by atoms with Crippen molar-refractivity contribution in [2.45, 2.75) is 43.2 Å². The molecule has 25 heavy (non-hydrogen) atoms. The van der Waals surface area contributed by atoms with E-state index >= 15 is 0 Å². The van der Waals surface area contributed by atoms with E-state index in [2.05, 4.69) is 10.0 Å². The molecule has 0 spiro atoms. The number of benzene rings is 1. The number of hydrogen-bond donors (Lipinski definition) is 3. The molecule has 0 fully saturated rings. The number of aliphatic carboxylic acids is 1. The van der Waals surface area contributed by atoms with E-state index in [9.17, 15) is 18.0 Å². The fourth-order valence-electron chi connectivity index (χ4n) is 2.09. The van der Waals surface area contributed by atoms with Crippen LogP contribution in [0, 0.1) is 0 Å². The molecule has 1 aromatic carbocycles. The summed E-state index contributed by atoms with van der Waals surface area (Å²) in [5.41, 5.74) is 0. The molecule has 9 heteroatoms. The Morgan fingerprint density at radius 1 is 1.20 bits per heavy atom. The monoisotopic (exact) mass is 388 g/mol. The van der Waals surface area contributed by atoms with Gasteiger partial charge in [0.25, 0.3) is 0 Å². The number of carbonyl (C=O) groups excluding carboxylic acids is 1. The van der Waals surface area contributed by atoms with Crippen molar-refractivity contribution in [3.05, 3.63) is 30.3 Å². The van der Waals surface area contributed by atoms with Crippen molar-refractivity contribution in [3.63, 3.8) is 0 Å². The molecule has 1 aromatic rings. The number of carboxylic acids is 1. The van der Waals surface area contributed by atoms with Gasteiger partial charge in [0.1, 0.15) is 6.04 Å². The second-order valence-corrected chi connectivity index (χ2v) is 8.31. The van der Waals surface area contributed by atoms with Crippen LogP contribution < -0.4 is 10.0 Å². The molecule has 3 N–H and O–H groups in total. The number of carbonyl (C=O) groups is 2. The van der Waals surface area contributed by atoms with E-state index in [0.717, 1.165) is 0 Å². The van der Waals surface area contributed by atoms with Crippen LogP contribution in [0.25, 0.3) is 0 Å². The van der Waals surface area contributed by atoms with Crippen molar-refractivity contribution >= 4 is 33.7 Å². The number of hydrogen-bond acceptors (Lipinski definition) is 5. The minimum absolute atomic E-state index is 0.0628. The molecule has 1 amide bonds. The van der Waals surface area contributed by atoms with Gasteiger partial charge in [-0.2, -0.15) is 16.5 Å². The van der Waals surface area contributed by atoms with E-state index in [-0.39, 0.29) is 23.8 Å². The lowest BCUT2D eigenvalue weighted by Crippen LogP contribution is -2.49. The van der Waals surface area contributed by atoms with Gasteiger partial charge in [0, 0.05) is 12.5 Å². The summed E-state index contributed by atoms with van der Waals surface area (Å²) in [4.78, 5) is 23.1. The van der Waals surface area contributed by atoms with Crippen LogP contribution in [0.4, 0.5) is 0 Å². The molecule has 7 nitrogen and oxygen atoms in total. The molecule has 0 aromatic heterocycles. The summed E-state index contributed by atoms with van der Waals surface area (Å²) in [6.07, 6.45) is 2.43. The van der Waals surface area contributed by atoms with Gasteiger partial charge in [0.2, 0.25) is 15.9 Å². The highest BCUT2D eigenvalue weighted by molar-refractivity contribution is 7.98. The van der Waals surface area contributed by atoms with E-state index in [1.807, 2.05) is 6.26 Å². The lowest BCUT2D eigenvalue weighted by atomic mass is 10.1. The summed E-state index contributed by atoms with van der Waals surface area (Å²) in [5, 5.41) is 11.4. The molecule has 2 atom stereocenters. The highest BCUT2D eigenvalue weighted by Crippen LogP contribution is 2.11. The van der Waals surface area contributed by atoms with Gasteiger partial charge in [-0.3, -0.25) is 9.59 Å². The van der Waals surface area contributed by atoms with Gasteiger partial charge in [0.05, 0.1) is 4.90 Å².